The molecule has 0 unspecified atom stereocenters. The Morgan fingerprint density at radius 1 is 1.16 bits per heavy atom. The van der Waals surface area contributed by atoms with Gasteiger partial charge in [-0.1, -0.05) is 0 Å². The van der Waals surface area contributed by atoms with Crippen molar-refractivity contribution < 1.29 is 18.3 Å². The predicted molar refractivity (Wildman–Crippen MR) is 88.2 cm³/mol. The molecule has 6 nitrogen and oxygen atoms in total. The zero-order valence-electron chi connectivity index (χ0n) is 13.5. The first-order valence-corrected chi connectivity index (χ1v) is 8.27. The lowest BCUT2D eigenvalue weighted by Crippen LogP contribution is -2.26. The maximum Gasteiger partial charge on any atom is 0.249 e. The largest absolute Gasteiger partial charge is 0.443 e. The summed E-state index contributed by atoms with van der Waals surface area (Å²) in [4.78, 5) is 8.86. The molecule has 0 aliphatic carbocycles. The van der Waals surface area contributed by atoms with Crippen LogP contribution >= 0.6 is 0 Å². The average Bonchev–Trinajstić information content (AvgIpc) is 3.30. The molecule has 0 saturated carbocycles. The fourth-order valence-electron chi connectivity index (χ4n) is 3.01. The third-order valence-electron chi connectivity index (χ3n) is 4.35. The average molecular weight is 343 g/mol. The standard InChI is InChI=1S/C18H18FN3O3/c19-13-3-1-11(2-4-13)16-15(18-21-14(9-23)10-24-18)22-17(25-16)12-5-7-20-8-6-12/h1-4,10,12,20,23H,5-9H2. The predicted octanol–water partition coefficient (Wildman–Crippen LogP) is 3.10. The lowest BCUT2D eigenvalue weighted by Gasteiger charge is -2.19. The molecule has 0 atom stereocenters. The maximum absolute atomic E-state index is 13.3. The van der Waals surface area contributed by atoms with Crippen molar-refractivity contribution in [1.29, 1.82) is 0 Å². The van der Waals surface area contributed by atoms with E-state index < -0.39 is 0 Å². The van der Waals surface area contributed by atoms with E-state index in [1.165, 1.54) is 18.4 Å². The third kappa shape index (κ3) is 3.20. The van der Waals surface area contributed by atoms with E-state index in [9.17, 15) is 9.50 Å². The number of aliphatic hydroxyl groups excluding tert-OH is 1. The molecule has 4 rings (SSSR count). The Kier molecular flexibility index (Phi) is 4.33. The van der Waals surface area contributed by atoms with Gasteiger partial charge in [0.15, 0.2) is 17.3 Å². The minimum atomic E-state index is -0.318. The molecule has 7 heteroatoms. The highest BCUT2D eigenvalue weighted by molar-refractivity contribution is 5.72. The molecule has 2 aromatic heterocycles. The third-order valence-corrected chi connectivity index (χ3v) is 4.35. The first-order chi connectivity index (χ1) is 12.2. The van der Waals surface area contributed by atoms with Crippen LogP contribution in [-0.2, 0) is 6.61 Å². The summed E-state index contributed by atoms with van der Waals surface area (Å²) in [5, 5.41) is 12.5. The number of aliphatic hydroxyl groups is 1. The van der Waals surface area contributed by atoms with Gasteiger partial charge in [0, 0.05) is 11.5 Å². The summed E-state index contributed by atoms with van der Waals surface area (Å²) in [5.41, 5.74) is 1.60. The van der Waals surface area contributed by atoms with Crippen LogP contribution in [0.2, 0.25) is 0 Å². The molecule has 130 valence electrons. The number of oxazole rings is 2. The summed E-state index contributed by atoms with van der Waals surface area (Å²) in [5.74, 6) is 1.33. The van der Waals surface area contributed by atoms with E-state index in [2.05, 4.69) is 15.3 Å². The van der Waals surface area contributed by atoms with Crippen molar-refractivity contribution in [2.24, 2.45) is 0 Å². The van der Waals surface area contributed by atoms with Crippen molar-refractivity contribution in [2.45, 2.75) is 25.4 Å². The van der Waals surface area contributed by atoms with Crippen molar-refractivity contribution >= 4 is 0 Å². The van der Waals surface area contributed by atoms with Gasteiger partial charge in [-0.05, 0) is 50.2 Å². The number of benzene rings is 1. The van der Waals surface area contributed by atoms with Gasteiger partial charge in [0.25, 0.3) is 0 Å². The van der Waals surface area contributed by atoms with E-state index in [-0.39, 0.29) is 24.2 Å². The van der Waals surface area contributed by atoms with Gasteiger partial charge in [0.1, 0.15) is 17.8 Å². The molecule has 2 N–H and O–H groups in total. The number of hydrogen-bond acceptors (Lipinski definition) is 6. The summed E-state index contributed by atoms with van der Waals surface area (Å²) in [6.45, 7) is 1.62. The van der Waals surface area contributed by atoms with Crippen LogP contribution in [-0.4, -0.2) is 28.2 Å². The highest BCUT2D eigenvalue weighted by Gasteiger charge is 2.26. The van der Waals surface area contributed by atoms with Crippen LogP contribution < -0.4 is 5.32 Å². The monoisotopic (exact) mass is 343 g/mol. The van der Waals surface area contributed by atoms with Gasteiger partial charge < -0.3 is 19.3 Å². The quantitative estimate of drug-likeness (QED) is 0.757. The van der Waals surface area contributed by atoms with Gasteiger partial charge in [0.05, 0.1) is 6.61 Å². The van der Waals surface area contributed by atoms with Crippen molar-refractivity contribution in [3.8, 4) is 22.9 Å². The Morgan fingerprint density at radius 2 is 1.92 bits per heavy atom. The van der Waals surface area contributed by atoms with Crippen molar-refractivity contribution in [3.05, 3.63) is 47.9 Å². The number of rotatable bonds is 4. The summed E-state index contributed by atoms with van der Waals surface area (Å²) >= 11 is 0. The second-order valence-corrected chi connectivity index (χ2v) is 6.06. The van der Waals surface area contributed by atoms with Gasteiger partial charge in [-0.3, -0.25) is 0 Å². The lowest BCUT2D eigenvalue weighted by atomic mass is 9.98. The van der Waals surface area contributed by atoms with E-state index in [4.69, 9.17) is 8.83 Å². The molecule has 1 aliphatic rings. The molecule has 0 radical (unpaired) electrons. The number of halogens is 1. The Bertz CT molecular complexity index is 851. The molecule has 25 heavy (non-hydrogen) atoms. The fraction of sp³-hybridized carbons (Fsp3) is 0.333. The number of hydrogen-bond donors (Lipinski definition) is 2. The number of nitrogens with one attached hydrogen (secondary N) is 1. The molecule has 0 amide bonds. The number of nitrogens with zero attached hydrogens (tertiary/aromatic N) is 2. The molecular formula is C18H18FN3O3. The molecule has 1 fully saturated rings. The van der Waals surface area contributed by atoms with Crippen LogP contribution in [0.5, 0.6) is 0 Å². The van der Waals surface area contributed by atoms with Gasteiger partial charge in [-0.15, -0.1) is 0 Å². The minimum absolute atomic E-state index is 0.214. The van der Waals surface area contributed by atoms with Crippen LogP contribution in [0.1, 0.15) is 30.3 Å². The highest BCUT2D eigenvalue weighted by atomic mass is 19.1. The van der Waals surface area contributed by atoms with Gasteiger partial charge >= 0.3 is 0 Å². The molecule has 3 aromatic rings. The molecule has 1 aliphatic heterocycles. The van der Waals surface area contributed by atoms with E-state index in [1.54, 1.807) is 12.1 Å². The summed E-state index contributed by atoms with van der Waals surface area (Å²) in [6, 6.07) is 6.03. The topological polar surface area (TPSA) is 84.3 Å². The smallest absolute Gasteiger partial charge is 0.249 e. The molecule has 0 spiro atoms. The van der Waals surface area contributed by atoms with Gasteiger partial charge in [-0.25, -0.2) is 14.4 Å². The van der Waals surface area contributed by atoms with E-state index in [1.807, 2.05) is 0 Å². The van der Waals surface area contributed by atoms with Gasteiger partial charge in [-0.2, -0.15) is 0 Å². The number of aromatic nitrogens is 2. The zero-order chi connectivity index (χ0) is 17.2. The highest BCUT2D eigenvalue weighted by Crippen LogP contribution is 2.36. The van der Waals surface area contributed by atoms with Crippen molar-refractivity contribution in [1.82, 2.24) is 15.3 Å². The number of piperidine rings is 1. The van der Waals surface area contributed by atoms with E-state index in [0.29, 0.717) is 28.6 Å². The normalized spacial score (nSPS) is 15.6. The Morgan fingerprint density at radius 3 is 2.60 bits per heavy atom. The van der Waals surface area contributed by atoms with Crippen LogP contribution in [0.4, 0.5) is 4.39 Å². The Balaban J connectivity index is 1.79. The minimum Gasteiger partial charge on any atom is -0.443 e. The van der Waals surface area contributed by atoms with Crippen LogP contribution in [0.15, 0.2) is 39.4 Å². The molecule has 3 heterocycles. The molecule has 1 aromatic carbocycles. The molecule has 0 bridgehead atoms. The summed E-state index contributed by atoms with van der Waals surface area (Å²) in [7, 11) is 0. The lowest BCUT2D eigenvalue weighted by molar-refractivity contribution is 0.276. The Labute approximate surface area is 143 Å². The van der Waals surface area contributed by atoms with Crippen LogP contribution in [0.25, 0.3) is 22.9 Å². The van der Waals surface area contributed by atoms with Crippen molar-refractivity contribution in [2.75, 3.05) is 13.1 Å². The Hall–Kier alpha value is -2.51. The second kappa shape index (κ2) is 6.78. The van der Waals surface area contributed by atoms with E-state index >= 15 is 0 Å². The second-order valence-electron chi connectivity index (χ2n) is 6.06. The molecule has 1 saturated heterocycles. The van der Waals surface area contributed by atoms with Crippen LogP contribution in [0, 0.1) is 5.82 Å². The van der Waals surface area contributed by atoms with Crippen LogP contribution in [0.3, 0.4) is 0 Å². The van der Waals surface area contributed by atoms with Gasteiger partial charge in [0.2, 0.25) is 5.89 Å². The zero-order valence-corrected chi connectivity index (χ0v) is 13.5. The first-order valence-electron chi connectivity index (χ1n) is 8.27. The summed E-state index contributed by atoms with van der Waals surface area (Å²) < 4.78 is 24.8. The fourth-order valence-corrected chi connectivity index (χ4v) is 3.01. The summed E-state index contributed by atoms with van der Waals surface area (Å²) in [6.07, 6.45) is 3.27. The van der Waals surface area contributed by atoms with Crippen molar-refractivity contribution in [3.63, 3.8) is 0 Å². The maximum atomic E-state index is 13.3. The first kappa shape index (κ1) is 16.0. The van der Waals surface area contributed by atoms with E-state index in [0.717, 1.165) is 25.9 Å². The molecular weight excluding hydrogens is 325 g/mol. The SMILES string of the molecule is OCc1coc(-c2nc(C3CCNCC3)oc2-c2ccc(F)cc2)n1.